The predicted molar refractivity (Wildman–Crippen MR) is 37.1 cm³/mol. The molecule has 11 heavy (non-hydrogen) atoms. The minimum atomic E-state index is -2.92. The predicted octanol–water partition coefficient (Wildman–Crippen LogP) is -10.6. The summed E-state index contributed by atoms with van der Waals surface area (Å²) in [6, 6.07) is 0. The van der Waals surface area contributed by atoms with Gasteiger partial charge in [0.15, 0.2) is 0 Å². The van der Waals surface area contributed by atoms with Crippen molar-refractivity contribution in [3.05, 3.63) is 0 Å². The first-order chi connectivity index (χ1) is 3.46. The van der Waals surface area contributed by atoms with Crippen molar-refractivity contribution < 1.29 is 30.1 Å². The number of hydrogen-bond acceptors (Lipinski definition) is 6. The van der Waals surface area contributed by atoms with Crippen LogP contribution >= 0.6 is 0 Å². The molecule has 0 aliphatic carbocycles. The molecule has 0 unspecified atom stereocenters. The first kappa shape index (κ1) is 29.2. The van der Waals surface area contributed by atoms with Crippen LogP contribution in [0.4, 0.5) is 0 Å². The van der Waals surface area contributed by atoms with Crippen molar-refractivity contribution in [2.24, 2.45) is 0 Å². The Morgan fingerprint density at radius 2 is 0.455 bits per heavy atom. The Morgan fingerprint density at radius 3 is 0.455 bits per heavy atom. The Kier molecular flexibility index (Phi) is 60.5. The molecule has 0 radical (unpaired) electrons. The van der Waals surface area contributed by atoms with Gasteiger partial charge in [0.25, 0.3) is 0 Å². The molecular formula is H6B2O6Sn3. The summed E-state index contributed by atoms with van der Waals surface area (Å²) in [5.74, 6) is 0. The van der Waals surface area contributed by atoms with Crippen LogP contribution in [0.15, 0.2) is 0 Å². The van der Waals surface area contributed by atoms with E-state index in [4.69, 9.17) is 30.1 Å². The van der Waals surface area contributed by atoms with Gasteiger partial charge in [-0.25, -0.2) is 0 Å². The van der Waals surface area contributed by atoms with Crippen molar-refractivity contribution in [3.63, 3.8) is 0 Å². The monoisotopic (exact) mass is 484 g/mol. The number of rotatable bonds is 0. The van der Waals surface area contributed by atoms with E-state index < -0.39 is 14.6 Å². The molecule has 0 aromatic heterocycles. The molecule has 0 aromatic rings. The van der Waals surface area contributed by atoms with Crippen LogP contribution in [-0.2, 0) is 0 Å². The summed E-state index contributed by atoms with van der Waals surface area (Å²) in [4.78, 5) is 0. The fourth-order valence-electron chi connectivity index (χ4n) is 0. The Hall–Kier alpha value is 2.29. The van der Waals surface area contributed by atoms with E-state index in [1.54, 1.807) is 0 Å². The van der Waals surface area contributed by atoms with Crippen LogP contribution in [0.5, 0.6) is 0 Å². The second kappa shape index (κ2) is 22.8. The van der Waals surface area contributed by atoms with Crippen LogP contribution in [0.25, 0.3) is 0 Å². The van der Waals surface area contributed by atoms with Crippen molar-refractivity contribution in [1.29, 1.82) is 0 Å². The fraction of sp³-hybridized carbons (Fsp3) is 0. The van der Waals surface area contributed by atoms with E-state index in [2.05, 4.69) is 0 Å². The molecule has 0 atom stereocenters. The van der Waals surface area contributed by atoms with E-state index in [0.29, 0.717) is 0 Å². The van der Waals surface area contributed by atoms with Crippen LogP contribution in [0, 0.1) is 0 Å². The Bertz CT molecular complexity index is 31.3. The summed E-state index contributed by atoms with van der Waals surface area (Å²) in [7, 11) is -5.83. The summed E-state index contributed by atoms with van der Waals surface area (Å²) >= 11 is 0. The molecule has 0 aromatic carbocycles. The molecule has 0 fully saturated rings. The van der Waals surface area contributed by atoms with Crippen LogP contribution in [-0.4, -0.2) is 86.4 Å². The molecule has 0 aliphatic heterocycles. The zero-order valence-corrected chi connectivity index (χ0v) is 17.8. The Morgan fingerprint density at radius 1 is 0.455 bits per heavy atom. The van der Waals surface area contributed by atoms with Gasteiger partial charge in [0.1, 0.15) is 0 Å². The van der Waals surface area contributed by atoms with Crippen molar-refractivity contribution >= 4 is 86.4 Å². The van der Waals surface area contributed by atoms with Gasteiger partial charge in [-0.2, -0.15) is 0 Å². The first-order valence-corrected chi connectivity index (χ1v) is 1.41. The van der Waals surface area contributed by atoms with Gasteiger partial charge < -0.3 is 30.1 Å². The molecule has 11 heteroatoms. The molecule has 6 nitrogen and oxygen atoms in total. The Labute approximate surface area is 115 Å². The molecule has 0 spiro atoms. The average Bonchev–Trinajstić information content (AvgIpc) is 1.25. The zero-order chi connectivity index (χ0) is 7.15. The summed E-state index contributed by atoms with van der Waals surface area (Å²) in [6.07, 6.45) is 0. The summed E-state index contributed by atoms with van der Waals surface area (Å²) < 4.78 is 0. The second-order valence-electron chi connectivity index (χ2n) is 0.577. The van der Waals surface area contributed by atoms with E-state index >= 15 is 0 Å². The minimum absolute atomic E-state index is 0. The standard InChI is InChI=1S/2BO3.3Sn.6H/c2*2-1(3)4;;;;;;;;;/q2*-3;3*+2;;;;;;. The third kappa shape index (κ3) is 249. The van der Waals surface area contributed by atoms with E-state index in [1.807, 2.05) is 0 Å². The van der Waals surface area contributed by atoms with E-state index in [9.17, 15) is 0 Å². The molecule has 60 valence electrons. The van der Waals surface area contributed by atoms with Gasteiger partial charge in [-0.1, -0.05) is 0 Å². The van der Waals surface area contributed by atoms with Crippen LogP contribution in [0.1, 0.15) is 0 Å². The molecular weight excluding hydrogens is 474 g/mol. The van der Waals surface area contributed by atoms with Crippen molar-refractivity contribution in [2.75, 3.05) is 0 Å². The van der Waals surface area contributed by atoms with Gasteiger partial charge in [-0.15, -0.1) is 0 Å². The summed E-state index contributed by atoms with van der Waals surface area (Å²) in [5.41, 5.74) is 0. The molecule has 0 saturated carbocycles. The van der Waals surface area contributed by atoms with Crippen molar-refractivity contribution in [3.8, 4) is 0 Å². The molecule has 0 heterocycles. The fourth-order valence-corrected chi connectivity index (χ4v) is 0. The van der Waals surface area contributed by atoms with Crippen LogP contribution < -0.4 is 30.1 Å². The molecule has 0 amide bonds. The normalized spacial score (nSPS) is 4.91. The zero-order valence-electron chi connectivity index (χ0n) is 5.73. The van der Waals surface area contributed by atoms with Crippen molar-refractivity contribution in [1.82, 2.24) is 0 Å². The summed E-state index contributed by atoms with van der Waals surface area (Å²) in [6.45, 7) is 0. The molecule has 0 saturated heterocycles. The topological polar surface area (TPSA) is 138 Å². The van der Waals surface area contributed by atoms with Gasteiger partial charge in [0, 0.05) is 0 Å². The van der Waals surface area contributed by atoms with E-state index in [1.165, 1.54) is 0 Å². The molecule has 0 bridgehead atoms. The van der Waals surface area contributed by atoms with Crippen LogP contribution in [0.2, 0.25) is 0 Å². The van der Waals surface area contributed by atoms with Crippen molar-refractivity contribution in [2.45, 2.75) is 0 Å². The van der Waals surface area contributed by atoms with E-state index in [-0.39, 0.29) is 71.7 Å². The van der Waals surface area contributed by atoms with Gasteiger partial charge in [-0.05, 0) is 0 Å². The van der Waals surface area contributed by atoms with E-state index in [0.717, 1.165) is 0 Å². The quantitative estimate of drug-likeness (QED) is 0.316. The maximum absolute atomic E-state index is 8.42. The number of hydrogen-bond donors (Lipinski definition) is 0. The van der Waals surface area contributed by atoms with Gasteiger partial charge in [0.05, 0.1) is 0 Å². The first-order valence-electron chi connectivity index (χ1n) is 1.41. The summed E-state index contributed by atoms with van der Waals surface area (Å²) in [5, 5.41) is 50.5. The van der Waals surface area contributed by atoms with Crippen LogP contribution in [0.3, 0.4) is 0 Å². The molecule has 0 aliphatic rings. The third-order valence-corrected chi connectivity index (χ3v) is 0. The van der Waals surface area contributed by atoms with Gasteiger partial charge in [-0.3, -0.25) is 14.6 Å². The maximum atomic E-state index is 8.42. The average molecular weight is 480 g/mol. The molecule has 0 rings (SSSR count). The third-order valence-electron chi connectivity index (χ3n) is 0. The second-order valence-corrected chi connectivity index (χ2v) is 0.577. The van der Waals surface area contributed by atoms with Gasteiger partial charge in [0.2, 0.25) is 0 Å². The SMILES string of the molecule is [O-]B([O-])[O-].[O-]B([O-])[O-].[SnH2+2].[SnH2+2].[SnH2+2]. The Balaban J connectivity index is -0.0000000171. The molecule has 0 N–H and O–H groups in total. The van der Waals surface area contributed by atoms with Gasteiger partial charge >= 0.3 is 71.7 Å².